The highest BCUT2D eigenvalue weighted by molar-refractivity contribution is 7.98. The minimum absolute atomic E-state index is 0.157. The van der Waals surface area contributed by atoms with Crippen LogP contribution >= 0.6 is 23.1 Å². The van der Waals surface area contributed by atoms with Gasteiger partial charge in [0.2, 0.25) is 0 Å². The molecule has 0 saturated carbocycles. The molecule has 1 unspecified atom stereocenters. The van der Waals surface area contributed by atoms with Gasteiger partial charge in [0.15, 0.2) is 10.8 Å². The number of carbonyl (C=O) groups is 1. The van der Waals surface area contributed by atoms with Crippen molar-refractivity contribution in [2.75, 3.05) is 23.9 Å². The van der Waals surface area contributed by atoms with E-state index in [1.807, 2.05) is 11.8 Å². The van der Waals surface area contributed by atoms with Crippen LogP contribution in [0.5, 0.6) is 0 Å². The van der Waals surface area contributed by atoms with Gasteiger partial charge >= 0.3 is 5.97 Å². The van der Waals surface area contributed by atoms with Crippen molar-refractivity contribution >= 4 is 34.2 Å². The van der Waals surface area contributed by atoms with E-state index < -0.39 is 5.97 Å². The van der Waals surface area contributed by atoms with Crippen LogP contribution in [0.2, 0.25) is 0 Å². The van der Waals surface area contributed by atoms with E-state index in [-0.39, 0.29) is 5.69 Å². The molecular formula is C10H16N2O2S2. The van der Waals surface area contributed by atoms with Crippen LogP contribution in [0, 0.1) is 12.8 Å². The smallest absolute Gasteiger partial charge is 0.355 e. The summed E-state index contributed by atoms with van der Waals surface area (Å²) < 4.78 is 0. The Balaban J connectivity index is 2.55. The predicted molar refractivity (Wildman–Crippen MR) is 69.8 cm³/mol. The fourth-order valence-electron chi connectivity index (χ4n) is 1.28. The van der Waals surface area contributed by atoms with Gasteiger partial charge in [-0.3, -0.25) is 0 Å². The molecule has 16 heavy (non-hydrogen) atoms. The van der Waals surface area contributed by atoms with Gasteiger partial charge in [0.1, 0.15) is 0 Å². The van der Waals surface area contributed by atoms with Gasteiger partial charge in [-0.05, 0) is 24.9 Å². The summed E-state index contributed by atoms with van der Waals surface area (Å²) in [6.07, 6.45) is 2.08. The van der Waals surface area contributed by atoms with E-state index in [0.717, 1.165) is 17.2 Å². The number of rotatable bonds is 6. The van der Waals surface area contributed by atoms with Crippen LogP contribution < -0.4 is 5.32 Å². The van der Waals surface area contributed by atoms with Gasteiger partial charge in [0.05, 0.1) is 0 Å². The van der Waals surface area contributed by atoms with E-state index in [4.69, 9.17) is 5.11 Å². The van der Waals surface area contributed by atoms with Gasteiger partial charge < -0.3 is 10.4 Å². The Labute approximate surface area is 103 Å². The fourth-order valence-corrected chi connectivity index (χ4v) is 2.77. The van der Waals surface area contributed by atoms with Crippen LogP contribution in [0.4, 0.5) is 5.13 Å². The molecule has 4 nitrogen and oxygen atoms in total. The Morgan fingerprint density at radius 1 is 1.69 bits per heavy atom. The van der Waals surface area contributed by atoms with E-state index >= 15 is 0 Å². The van der Waals surface area contributed by atoms with Gasteiger partial charge in [0.25, 0.3) is 0 Å². The molecule has 1 rings (SSSR count). The Hall–Kier alpha value is -0.750. The lowest BCUT2D eigenvalue weighted by Crippen LogP contribution is -2.13. The summed E-state index contributed by atoms with van der Waals surface area (Å²) in [4.78, 5) is 15.6. The molecule has 1 atom stereocenters. The van der Waals surface area contributed by atoms with Gasteiger partial charge in [-0.25, -0.2) is 9.78 Å². The summed E-state index contributed by atoms with van der Waals surface area (Å²) in [6, 6.07) is 0. The standard InChI is InChI=1S/C10H16N2O2S2/c1-6(5-15-3)4-11-10-12-8(9(13)14)7(2)16-10/h6H,4-5H2,1-3H3,(H,11,12)(H,13,14). The number of thioether (sulfide) groups is 1. The van der Waals surface area contributed by atoms with Gasteiger partial charge in [0, 0.05) is 11.4 Å². The second kappa shape index (κ2) is 6.10. The Bertz CT molecular complexity index is 366. The summed E-state index contributed by atoms with van der Waals surface area (Å²) in [5, 5.41) is 12.7. The van der Waals surface area contributed by atoms with Crippen molar-refractivity contribution in [2.45, 2.75) is 13.8 Å². The first kappa shape index (κ1) is 13.3. The number of carboxylic acid groups (broad SMARTS) is 1. The number of nitrogens with one attached hydrogen (secondary N) is 1. The molecule has 1 aromatic heterocycles. The summed E-state index contributed by atoms with van der Waals surface area (Å²) >= 11 is 3.20. The maximum Gasteiger partial charge on any atom is 0.355 e. The third-order valence-electron chi connectivity index (χ3n) is 2.05. The summed E-state index contributed by atoms with van der Waals surface area (Å²) in [7, 11) is 0. The minimum atomic E-state index is -0.959. The van der Waals surface area contributed by atoms with Gasteiger partial charge in [-0.2, -0.15) is 11.8 Å². The zero-order chi connectivity index (χ0) is 12.1. The molecule has 1 aromatic rings. The molecule has 2 N–H and O–H groups in total. The van der Waals surface area contributed by atoms with Crippen LogP contribution in [0.25, 0.3) is 0 Å². The number of hydrogen-bond acceptors (Lipinski definition) is 5. The lowest BCUT2D eigenvalue weighted by atomic mass is 10.2. The number of nitrogens with zero attached hydrogens (tertiary/aromatic N) is 1. The molecule has 0 amide bonds. The molecule has 90 valence electrons. The fraction of sp³-hybridized carbons (Fsp3) is 0.600. The lowest BCUT2D eigenvalue weighted by Gasteiger charge is -2.09. The highest BCUT2D eigenvalue weighted by Gasteiger charge is 2.14. The van der Waals surface area contributed by atoms with Crippen LogP contribution in [-0.4, -0.2) is 34.6 Å². The van der Waals surface area contributed by atoms with Gasteiger partial charge in [-0.1, -0.05) is 6.92 Å². The normalized spacial score (nSPS) is 12.4. The molecule has 0 aliphatic carbocycles. The molecule has 0 spiro atoms. The number of aryl methyl sites for hydroxylation is 1. The molecule has 6 heteroatoms. The molecule has 0 bridgehead atoms. The van der Waals surface area contributed by atoms with Crippen molar-refractivity contribution in [3.05, 3.63) is 10.6 Å². The number of aromatic nitrogens is 1. The average Bonchev–Trinajstić information content (AvgIpc) is 2.57. The third kappa shape index (κ3) is 3.68. The summed E-state index contributed by atoms with van der Waals surface area (Å²) in [5.74, 6) is 0.676. The minimum Gasteiger partial charge on any atom is -0.476 e. The number of aromatic carboxylic acids is 1. The molecule has 0 saturated heterocycles. The quantitative estimate of drug-likeness (QED) is 0.823. The Morgan fingerprint density at radius 3 is 2.88 bits per heavy atom. The maximum absolute atomic E-state index is 10.8. The Morgan fingerprint density at radius 2 is 2.38 bits per heavy atom. The molecule has 1 heterocycles. The van der Waals surface area contributed by atoms with Crippen molar-refractivity contribution in [1.29, 1.82) is 0 Å². The second-order valence-corrected chi connectivity index (χ2v) is 5.78. The number of hydrogen-bond donors (Lipinski definition) is 2. The van der Waals surface area contributed by atoms with Crippen molar-refractivity contribution in [2.24, 2.45) is 5.92 Å². The van der Waals surface area contributed by atoms with Crippen molar-refractivity contribution in [1.82, 2.24) is 4.98 Å². The SMILES string of the molecule is CSCC(C)CNc1nc(C(=O)O)c(C)s1. The van der Waals surface area contributed by atoms with Crippen molar-refractivity contribution in [3.8, 4) is 0 Å². The number of anilines is 1. The first-order valence-corrected chi connectivity index (χ1v) is 7.19. The zero-order valence-electron chi connectivity index (χ0n) is 9.61. The van der Waals surface area contributed by atoms with E-state index in [1.54, 1.807) is 6.92 Å². The van der Waals surface area contributed by atoms with Gasteiger partial charge in [-0.15, -0.1) is 11.3 Å². The lowest BCUT2D eigenvalue weighted by molar-refractivity contribution is 0.0690. The predicted octanol–water partition coefficient (Wildman–Crippen LogP) is 2.56. The van der Waals surface area contributed by atoms with E-state index in [2.05, 4.69) is 23.5 Å². The monoisotopic (exact) mass is 260 g/mol. The van der Waals surface area contributed by atoms with Crippen LogP contribution in [-0.2, 0) is 0 Å². The summed E-state index contributed by atoms with van der Waals surface area (Å²) in [6.45, 7) is 4.76. The van der Waals surface area contributed by atoms with Crippen LogP contribution in [0.15, 0.2) is 0 Å². The Kier molecular flexibility index (Phi) is 5.08. The van der Waals surface area contributed by atoms with Crippen LogP contribution in [0.3, 0.4) is 0 Å². The topological polar surface area (TPSA) is 62.2 Å². The zero-order valence-corrected chi connectivity index (χ0v) is 11.2. The average molecular weight is 260 g/mol. The highest BCUT2D eigenvalue weighted by atomic mass is 32.2. The molecule has 0 aliphatic heterocycles. The second-order valence-electron chi connectivity index (χ2n) is 3.67. The third-order valence-corrected chi connectivity index (χ3v) is 3.88. The van der Waals surface area contributed by atoms with Crippen LogP contribution in [0.1, 0.15) is 22.3 Å². The van der Waals surface area contributed by atoms with E-state index in [9.17, 15) is 4.79 Å². The molecule has 0 aromatic carbocycles. The first-order valence-electron chi connectivity index (χ1n) is 4.98. The largest absolute Gasteiger partial charge is 0.476 e. The molecule has 0 aliphatic rings. The summed E-state index contributed by atoms with van der Waals surface area (Å²) in [5.41, 5.74) is 0.157. The number of thiazole rings is 1. The van der Waals surface area contributed by atoms with Crippen molar-refractivity contribution < 1.29 is 9.90 Å². The maximum atomic E-state index is 10.8. The highest BCUT2D eigenvalue weighted by Crippen LogP contribution is 2.22. The molecule has 0 radical (unpaired) electrons. The van der Waals surface area contributed by atoms with Crippen molar-refractivity contribution in [3.63, 3.8) is 0 Å². The van der Waals surface area contributed by atoms with E-state index in [0.29, 0.717) is 11.0 Å². The molecular weight excluding hydrogens is 244 g/mol. The first-order chi connectivity index (χ1) is 7.54. The van der Waals surface area contributed by atoms with E-state index in [1.165, 1.54) is 11.3 Å². The molecule has 0 fully saturated rings. The number of carboxylic acids is 1.